The van der Waals surface area contributed by atoms with Crippen molar-refractivity contribution in [3.8, 4) is 0 Å². The van der Waals surface area contributed by atoms with Crippen LogP contribution in [0.2, 0.25) is 0 Å². The van der Waals surface area contributed by atoms with Gasteiger partial charge in [-0.15, -0.1) is 0 Å². The lowest BCUT2D eigenvalue weighted by atomic mass is 10.1. The second kappa shape index (κ2) is 5.23. The van der Waals surface area contributed by atoms with Gasteiger partial charge < -0.3 is 4.90 Å². The Bertz CT molecular complexity index is 827. The van der Waals surface area contributed by atoms with Crippen molar-refractivity contribution in [2.45, 2.75) is 18.7 Å². The second-order valence-electron chi connectivity index (χ2n) is 5.30. The van der Waals surface area contributed by atoms with Gasteiger partial charge in [-0.2, -0.15) is 8.42 Å². The van der Waals surface area contributed by atoms with Crippen LogP contribution in [-0.4, -0.2) is 18.9 Å². The van der Waals surface area contributed by atoms with Gasteiger partial charge in [0.1, 0.15) is 5.25 Å². The molecule has 0 spiro atoms. The molecule has 0 bridgehead atoms. The summed E-state index contributed by atoms with van der Waals surface area (Å²) >= 11 is 0. The van der Waals surface area contributed by atoms with Gasteiger partial charge in [-0.25, -0.2) is 0 Å². The van der Waals surface area contributed by atoms with Crippen molar-refractivity contribution < 1.29 is 17.8 Å². The first-order chi connectivity index (χ1) is 10.4. The fraction of sp³-hybridized carbons (Fsp3) is 0.188. The third-order valence-electron chi connectivity index (χ3n) is 3.94. The van der Waals surface area contributed by atoms with Gasteiger partial charge in [0.05, 0.1) is 6.54 Å². The van der Waals surface area contributed by atoms with Crippen LogP contribution >= 0.6 is 0 Å². The standard InChI is InChI=1S/C16H15NO4S/c1-11(22(19,20)21)12-6-8-14(9-7-12)17-10-13-4-2-3-5-15(13)16(17)18/h2-9,11H,10H2,1H3,(H,19,20,21). The minimum Gasteiger partial charge on any atom is -0.304 e. The SMILES string of the molecule is CC(c1ccc(N2Cc3ccccc3C2=O)cc1)S(=O)(=O)O. The molecule has 0 fully saturated rings. The molecular weight excluding hydrogens is 302 g/mol. The highest BCUT2D eigenvalue weighted by Gasteiger charge is 2.28. The van der Waals surface area contributed by atoms with E-state index in [4.69, 9.17) is 4.55 Å². The van der Waals surface area contributed by atoms with Gasteiger partial charge >= 0.3 is 0 Å². The molecule has 6 heteroatoms. The predicted octanol–water partition coefficient (Wildman–Crippen LogP) is 2.80. The number of rotatable bonds is 3. The third-order valence-corrected chi connectivity index (χ3v) is 5.11. The van der Waals surface area contributed by atoms with Gasteiger partial charge in [0.25, 0.3) is 16.0 Å². The van der Waals surface area contributed by atoms with Gasteiger partial charge in [0.15, 0.2) is 0 Å². The van der Waals surface area contributed by atoms with E-state index in [1.54, 1.807) is 35.2 Å². The van der Waals surface area contributed by atoms with Crippen molar-refractivity contribution in [2.75, 3.05) is 4.90 Å². The summed E-state index contributed by atoms with van der Waals surface area (Å²) in [7, 11) is -4.12. The smallest absolute Gasteiger partial charge is 0.271 e. The van der Waals surface area contributed by atoms with E-state index in [1.807, 2.05) is 18.2 Å². The summed E-state index contributed by atoms with van der Waals surface area (Å²) < 4.78 is 31.4. The zero-order valence-electron chi connectivity index (χ0n) is 11.9. The molecule has 0 aromatic heterocycles. The molecule has 1 atom stereocenters. The maximum absolute atomic E-state index is 12.4. The zero-order valence-corrected chi connectivity index (χ0v) is 12.7. The number of hydrogen-bond donors (Lipinski definition) is 1. The summed E-state index contributed by atoms with van der Waals surface area (Å²) in [6.45, 7) is 1.92. The monoisotopic (exact) mass is 317 g/mol. The van der Waals surface area contributed by atoms with Crippen molar-refractivity contribution in [3.63, 3.8) is 0 Å². The van der Waals surface area contributed by atoms with Crippen molar-refractivity contribution in [1.82, 2.24) is 0 Å². The van der Waals surface area contributed by atoms with Crippen LogP contribution in [0.4, 0.5) is 5.69 Å². The summed E-state index contributed by atoms with van der Waals surface area (Å²) in [6.07, 6.45) is 0. The summed E-state index contributed by atoms with van der Waals surface area (Å²) in [5.41, 5.74) is 2.85. The summed E-state index contributed by atoms with van der Waals surface area (Å²) in [5.74, 6) is -0.0637. The lowest BCUT2D eigenvalue weighted by Crippen LogP contribution is -2.23. The molecule has 1 N–H and O–H groups in total. The Labute approximate surface area is 128 Å². The van der Waals surface area contributed by atoms with Crippen LogP contribution in [0.15, 0.2) is 48.5 Å². The third kappa shape index (κ3) is 2.51. The van der Waals surface area contributed by atoms with Crippen molar-refractivity contribution in [3.05, 3.63) is 65.2 Å². The first-order valence-corrected chi connectivity index (χ1v) is 8.34. The average molecular weight is 317 g/mol. The molecular formula is C16H15NO4S. The highest BCUT2D eigenvalue weighted by Crippen LogP contribution is 2.30. The van der Waals surface area contributed by atoms with Gasteiger partial charge in [0.2, 0.25) is 0 Å². The number of carbonyl (C=O) groups is 1. The highest BCUT2D eigenvalue weighted by atomic mass is 32.2. The zero-order chi connectivity index (χ0) is 15.9. The van der Waals surface area contributed by atoms with Gasteiger partial charge in [-0.05, 0) is 36.2 Å². The first kappa shape index (κ1) is 14.7. The van der Waals surface area contributed by atoms with E-state index < -0.39 is 15.4 Å². The van der Waals surface area contributed by atoms with Crippen LogP contribution in [0.5, 0.6) is 0 Å². The van der Waals surface area contributed by atoms with Crippen LogP contribution in [0.25, 0.3) is 0 Å². The number of benzene rings is 2. The number of anilines is 1. The number of nitrogens with zero attached hydrogens (tertiary/aromatic N) is 1. The maximum atomic E-state index is 12.4. The number of fused-ring (bicyclic) bond motifs is 1. The molecule has 1 aliphatic heterocycles. The quantitative estimate of drug-likeness (QED) is 0.883. The Morgan fingerprint density at radius 1 is 1.09 bits per heavy atom. The number of hydrogen-bond acceptors (Lipinski definition) is 3. The van der Waals surface area contributed by atoms with Crippen LogP contribution in [0.1, 0.15) is 33.7 Å². The van der Waals surface area contributed by atoms with E-state index in [0.717, 1.165) is 5.56 Å². The molecule has 2 aromatic rings. The van der Waals surface area contributed by atoms with E-state index >= 15 is 0 Å². The van der Waals surface area contributed by atoms with E-state index in [1.165, 1.54) is 6.92 Å². The summed E-state index contributed by atoms with van der Waals surface area (Å²) in [4.78, 5) is 14.0. The Hall–Kier alpha value is -2.18. The Balaban J connectivity index is 1.88. The summed E-state index contributed by atoms with van der Waals surface area (Å²) in [5, 5.41) is -0.993. The van der Waals surface area contributed by atoms with Crippen molar-refractivity contribution >= 4 is 21.7 Å². The van der Waals surface area contributed by atoms with E-state index in [0.29, 0.717) is 23.4 Å². The Morgan fingerprint density at radius 3 is 2.32 bits per heavy atom. The van der Waals surface area contributed by atoms with E-state index in [2.05, 4.69) is 0 Å². The van der Waals surface area contributed by atoms with Crippen molar-refractivity contribution in [2.24, 2.45) is 0 Å². The van der Waals surface area contributed by atoms with Crippen LogP contribution in [0, 0.1) is 0 Å². The first-order valence-electron chi connectivity index (χ1n) is 6.84. The molecule has 114 valence electrons. The predicted molar refractivity (Wildman–Crippen MR) is 83.4 cm³/mol. The topological polar surface area (TPSA) is 74.7 Å². The molecule has 5 nitrogen and oxygen atoms in total. The molecule has 1 aliphatic rings. The summed E-state index contributed by atoms with van der Waals surface area (Å²) in [6, 6.07) is 14.1. The average Bonchev–Trinajstić information content (AvgIpc) is 2.83. The van der Waals surface area contributed by atoms with Gasteiger partial charge in [-0.1, -0.05) is 30.3 Å². The molecule has 0 radical (unpaired) electrons. The number of carbonyl (C=O) groups excluding carboxylic acids is 1. The van der Waals surface area contributed by atoms with E-state index in [9.17, 15) is 13.2 Å². The fourth-order valence-corrected chi connectivity index (χ4v) is 3.06. The van der Waals surface area contributed by atoms with Gasteiger partial charge in [-0.3, -0.25) is 9.35 Å². The fourth-order valence-electron chi connectivity index (χ4n) is 2.56. The van der Waals surface area contributed by atoms with Gasteiger partial charge in [0, 0.05) is 11.3 Å². The minimum atomic E-state index is -4.12. The molecule has 1 heterocycles. The Kier molecular flexibility index (Phi) is 3.50. The lowest BCUT2D eigenvalue weighted by molar-refractivity contribution is 0.0996. The van der Waals surface area contributed by atoms with E-state index in [-0.39, 0.29) is 5.91 Å². The molecule has 3 rings (SSSR count). The molecule has 1 unspecified atom stereocenters. The normalized spacial score (nSPS) is 15.7. The van der Waals surface area contributed by atoms with Crippen molar-refractivity contribution in [1.29, 1.82) is 0 Å². The van der Waals surface area contributed by atoms with Crippen LogP contribution in [0.3, 0.4) is 0 Å². The molecule has 0 aliphatic carbocycles. The molecule has 1 amide bonds. The molecule has 22 heavy (non-hydrogen) atoms. The molecule has 0 saturated carbocycles. The number of amides is 1. The Morgan fingerprint density at radius 2 is 1.73 bits per heavy atom. The van der Waals surface area contributed by atoms with Crippen LogP contribution < -0.4 is 4.90 Å². The second-order valence-corrected chi connectivity index (χ2v) is 7.03. The molecule has 2 aromatic carbocycles. The molecule has 0 saturated heterocycles. The largest absolute Gasteiger partial charge is 0.304 e. The lowest BCUT2D eigenvalue weighted by Gasteiger charge is -2.17. The van der Waals surface area contributed by atoms with Crippen LogP contribution in [-0.2, 0) is 16.7 Å². The maximum Gasteiger partial charge on any atom is 0.271 e. The minimum absolute atomic E-state index is 0.0637. The highest BCUT2D eigenvalue weighted by molar-refractivity contribution is 7.86.